The third kappa shape index (κ3) is 2.71. The monoisotopic (exact) mass is 572 g/mol. The molecular formula is C22H19BrCl2N2O7. The minimum atomic E-state index is -1.97. The summed E-state index contributed by atoms with van der Waals surface area (Å²) in [6.07, 6.45) is 1.70. The second-order valence-electron chi connectivity index (χ2n) is 8.90. The minimum Gasteiger partial charge on any atom is -0.508 e. The average Bonchev–Trinajstić information content (AvgIpc) is 3.12. The molecule has 0 aromatic heterocycles. The number of carbonyl (C=O) groups is 4. The molecule has 1 aromatic rings. The number of halogens is 3. The number of fused-ring (bicyclic) bond motifs is 4. The summed E-state index contributed by atoms with van der Waals surface area (Å²) in [5.41, 5.74) is 0.820. The molecule has 1 saturated carbocycles. The number of phenols is 1. The first-order valence-corrected chi connectivity index (χ1v) is 12.3. The van der Waals surface area contributed by atoms with Gasteiger partial charge < -0.3 is 9.84 Å². The van der Waals surface area contributed by atoms with Gasteiger partial charge in [-0.3, -0.25) is 29.3 Å². The Kier molecular flexibility index (Phi) is 5.33. The number of allylic oxidation sites excluding steroid dienone is 2. The van der Waals surface area contributed by atoms with E-state index in [1.165, 1.54) is 25.3 Å². The van der Waals surface area contributed by atoms with Gasteiger partial charge in [0.1, 0.15) is 11.5 Å². The predicted molar refractivity (Wildman–Crippen MR) is 122 cm³/mol. The number of aromatic hydroxyl groups is 1. The Hall–Kier alpha value is -2.14. The maximum atomic E-state index is 13.6. The van der Waals surface area contributed by atoms with Crippen molar-refractivity contribution >= 4 is 62.8 Å². The lowest BCUT2D eigenvalue weighted by Gasteiger charge is -2.50. The van der Waals surface area contributed by atoms with E-state index in [1.54, 1.807) is 6.08 Å². The molecule has 180 valence electrons. The van der Waals surface area contributed by atoms with Crippen molar-refractivity contribution in [2.45, 2.75) is 28.5 Å². The quantitative estimate of drug-likeness (QED) is 0.187. The molecule has 0 radical (unpaired) electrons. The SMILES string of the molecule is COc1cc(O)ccc1C1C2=CCC3C(=O)N(O)C(=O)C3C2CC2(Cl)C(=O)N(CBr)C(=O)C12Cl. The van der Waals surface area contributed by atoms with Crippen LogP contribution in [0.25, 0.3) is 0 Å². The number of methoxy groups -OCH3 is 1. The molecule has 6 atom stereocenters. The van der Waals surface area contributed by atoms with Crippen LogP contribution in [0, 0.1) is 17.8 Å². The van der Waals surface area contributed by atoms with Gasteiger partial charge in [-0.1, -0.05) is 33.6 Å². The lowest BCUT2D eigenvalue weighted by atomic mass is 9.56. The fourth-order valence-electron chi connectivity index (χ4n) is 6.02. The van der Waals surface area contributed by atoms with Crippen LogP contribution in [-0.4, -0.2) is 66.2 Å². The van der Waals surface area contributed by atoms with Crippen molar-refractivity contribution in [2.24, 2.45) is 17.8 Å². The zero-order valence-electron chi connectivity index (χ0n) is 17.7. The number of carbonyl (C=O) groups excluding carboxylic acids is 4. The lowest BCUT2D eigenvalue weighted by Crippen LogP contribution is -2.60. The Balaban J connectivity index is 1.78. The largest absolute Gasteiger partial charge is 0.508 e. The van der Waals surface area contributed by atoms with Crippen molar-refractivity contribution in [1.29, 1.82) is 0 Å². The van der Waals surface area contributed by atoms with Crippen LogP contribution in [0.1, 0.15) is 24.3 Å². The summed E-state index contributed by atoms with van der Waals surface area (Å²) in [6, 6.07) is 4.28. The van der Waals surface area contributed by atoms with Crippen LogP contribution < -0.4 is 4.74 Å². The van der Waals surface area contributed by atoms with Gasteiger partial charge >= 0.3 is 0 Å². The van der Waals surface area contributed by atoms with Gasteiger partial charge in [-0.15, -0.1) is 23.2 Å². The van der Waals surface area contributed by atoms with Crippen LogP contribution in [-0.2, 0) is 19.2 Å². The maximum absolute atomic E-state index is 13.6. The molecule has 34 heavy (non-hydrogen) atoms. The third-order valence-electron chi connectivity index (χ3n) is 7.52. The van der Waals surface area contributed by atoms with Crippen molar-refractivity contribution < 1.29 is 34.2 Å². The van der Waals surface area contributed by atoms with Crippen LogP contribution in [0.4, 0.5) is 0 Å². The Morgan fingerprint density at radius 3 is 2.50 bits per heavy atom. The van der Waals surface area contributed by atoms with Crippen molar-refractivity contribution in [3.05, 3.63) is 35.4 Å². The Bertz CT molecular complexity index is 1190. The highest BCUT2D eigenvalue weighted by atomic mass is 79.9. The number of imide groups is 2. The molecule has 3 fully saturated rings. The van der Waals surface area contributed by atoms with Gasteiger partial charge in [-0.2, -0.15) is 5.06 Å². The molecule has 0 spiro atoms. The van der Waals surface area contributed by atoms with Crippen LogP contribution in [0.15, 0.2) is 29.8 Å². The Labute approximate surface area is 212 Å². The molecule has 2 N–H and O–H groups in total. The van der Waals surface area contributed by atoms with Gasteiger partial charge in [0.25, 0.3) is 23.6 Å². The first kappa shape index (κ1) is 23.6. The number of nitrogens with zero attached hydrogens (tertiary/aromatic N) is 2. The number of rotatable bonds is 3. The number of amides is 4. The third-order valence-corrected chi connectivity index (χ3v) is 9.43. The van der Waals surface area contributed by atoms with Gasteiger partial charge in [0.05, 0.1) is 24.4 Å². The summed E-state index contributed by atoms with van der Waals surface area (Å²) >= 11 is 17.3. The fraction of sp³-hybridized carbons (Fsp3) is 0.455. The highest BCUT2D eigenvalue weighted by Crippen LogP contribution is 2.66. The van der Waals surface area contributed by atoms with Crippen molar-refractivity contribution in [1.82, 2.24) is 9.96 Å². The lowest BCUT2D eigenvalue weighted by molar-refractivity contribution is -0.173. The smallest absolute Gasteiger partial charge is 0.257 e. The van der Waals surface area contributed by atoms with Crippen molar-refractivity contribution in [3.8, 4) is 11.5 Å². The van der Waals surface area contributed by atoms with Crippen molar-refractivity contribution in [2.75, 3.05) is 12.6 Å². The fourth-order valence-corrected chi connectivity index (χ4v) is 7.44. The van der Waals surface area contributed by atoms with E-state index in [-0.39, 0.29) is 34.9 Å². The number of benzene rings is 1. The van der Waals surface area contributed by atoms with Crippen molar-refractivity contribution in [3.63, 3.8) is 0 Å². The number of ether oxygens (including phenoxy) is 1. The number of hydrogen-bond donors (Lipinski definition) is 2. The second-order valence-corrected chi connectivity index (χ2v) is 10.6. The van der Waals surface area contributed by atoms with Gasteiger partial charge in [0.2, 0.25) is 0 Å². The molecule has 6 unspecified atom stereocenters. The Morgan fingerprint density at radius 1 is 1.15 bits per heavy atom. The summed E-state index contributed by atoms with van der Waals surface area (Å²) < 4.78 is 5.47. The van der Waals surface area contributed by atoms with Gasteiger partial charge in [0.15, 0.2) is 9.75 Å². The summed E-state index contributed by atoms with van der Waals surface area (Å²) in [5.74, 6) is -6.32. The molecule has 2 aliphatic carbocycles. The number of hydrogen-bond acceptors (Lipinski definition) is 7. The maximum Gasteiger partial charge on any atom is 0.257 e. The van der Waals surface area contributed by atoms with E-state index in [0.29, 0.717) is 11.1 Å². The second kappa shape index (κ2) is 7.68. The van der Waals surface area contributed by atoms with E-state index in [1.807, 2.05) is 0 Å². The number of alkyl halides is 3. The zero-order valence-corrected chi connectivity index (χ0v) is 20.8. The van der Waals surface area contributed by atoms with E-state index < -0.39 is 57.0 Å². The normalized spacial score (nSPS) is 36.9. The molecule has 12 heteroatoms. The first-order chi connectivity index (χ1) is 16.0. The van der Waals surface area contributed by atoms with Crippen LogP contribution in [0.5, 0.6) is 11.5 Å². The number of hydroxylamine groups is 2. The van der Waals surface area contributed by atoms with Gasteiger partial charge in [-0.25, -0.2) is 0 Å². The van der Waals surface area contributed by atoms with E-state index in [0.717, 1.165) is 4.90 Å². The highest BCUT2D eigenvalue weighted by Gasteiger charge is 2.76. The molecule has 5 rings (SSSR count). The predicted octanol–water partition coefficient (Wildman–Crippen LogP) is 2.50. The molecule has 9 nitrogen and oxygen atoms in total. The van der Waals surface area contributed by atoms with E-state index in [9.17, 15) is 29.5 Å². The van der Waals surface area contributed by atoms with Crippen LogP contribution >= 0.6 is 39.1 Å². The molecule has 2 aliphatic heterocycles. The summed E-state index contributed by atoms with van der Waals surface area (Å²) in [7, 11) is 1.38. The molecule has 2 saturated heterocycles. The molecular weight excluding hydrogens is 555 g/mol. The molecule has 2 heterocycles. The zero-order chi connectivity index (χ0) is 24.7. The summed E-state index contributed by atoms with van der Waals surface area (Å²) in [5, 5.41) is 20.1. The van der Waals surface area contributed by atoms with Crippen LogP contribution in [0.2, 0.25) is 0 Å². The van der Waals surface area contributed by atoms with Gasteiger partial charge in [-0.05, 0) is 24.8 Å². The molecule has 1 aromatic carbocycles. The highest BCUT2D eigenvalue weighted by molar-refractivity contribution is 9.09. The summed E-state index contributed by atoms with van der Waals surface area (Å²) in [4.78, 5) is 49.4. The molecule has 4 aliphatic rings. The minimum absolute atomic E-state index is 0.0881. The first-order valence-electron chi connectivity index (χ1n) is 10.5. The van der Waals surface area contributed by atoms with Gasteiger partial charge in [0, 0.05) is 17.5 Å². The standard InChI is InChI=1S/C22H19BrCl2N2O7/c1-34-14-6-9(28)2-3-11(14)16-10-4-5-12-15(18(30)27(33)17(12)29)13(10)7-21(24)19(31)26(8-23)20(32)22(16,21)25/h2-4,6,12-13,15-16,28,33H,5,7-8H2,1H3. The topological polar surface area (TPSA) is 124 Å². The van der Waals surface area contributed by atoms with E-state index in [4.69, 9.17) is 27.9 Å². The Morgan fingerprint density at radius 2 is 1.85 bits per heavy atom. The average molecular weight is 574 g/mol. The number of phenolic OH excluding ortho intramolecular Hbond substituents is 1. The van der Waals surface area contributed by atoms with Crippen LogP contribution in [0.3, 0.4) is 0 Å². The molecule has 4 amide bonds. The summed E-state index contributed by atoms with van der Waals surface area (Å²) in [6.45, 7) is 0. The molecule has 0 bridgehead atoms. The van der Waals surface area contributed by atoms with E-state index >= 15 is 0 Å². The van der Waals surface area contributed by atoms with E-state index in [2.05, 4.69) is 15.9 Å². The number of likely N-dealkylation sites (tertiary alicyclic amines) is 1.